The van der Waals surface area contributed by atoms with Gasteiger partial charge in [-0.1, -0.05) is 0 Å². The highest BCUT2D eigenvalue weighted by Crippen LogP contribution is 2.38. The minimum absolute atomic E-state index is 0.376. The van der Waals surface area contributed by atoms with Crippen molar-refractivity contribution >= 4 is 22.6 Å². The van der Waals surface area contributed by atoms with Crippen LogP contribution in [-0.4, -0.2) is 16.8 Å². The van der Waals surface area contributed by atoms with Crippen molar-refractivity contribution in [3.63, 3.8) is 0 Å². The van der Waals surface area contributed by atoms with E-state index in [2.05, 4.69) is 22.6 Å². The molecule has 2 unspecified atom stereocenters. The molecule has 3 N–H and O–H groups in total. The molecule has 1 aliphatic rings. The molecule has 2 rings (SSSR count). The number of aliphatic hydroxyl groups is 1. The zero-order valence-electron chi connectivity index (χ0n) is 8.70. The molecule has 4 heteroatoms. The molecule has 1 aliphatic heterocycles. The van der Waals surface area contributed by atoms with E-state index in [0.717, 1.165) is 14.9 Å². The first kappa shape index (κ1) is 11.2. The molecule has 0 aliphatic carbocycles. The summed E-state index contributed by atoms with van der Waals surface area (Å²) >= 11 is 2.22. The minimum atomic E-state index is -0.678. The third-order valence-electron chi connectivity index (χ3n) is 2.76. The summed E-state index contributed by atoms with van der Waals surface area (Å²) in [6.45, 7) is 3.69. The van der Waals surface area contributed by atoms with Gasteiger partial charge < -0.3 is 15.6 Å². The normalized spacial score (nSPS) is 28.1. The lowest BCUT2D eigenvalue weighted by molar-refractivity contribution is -0.0572. The zero-order chi connectivity index (χ0) is 11.2. The predicted molar refractivity (Wildman–Crippen MR) is 66.8 cm³/mol. The van der Waals surface area contributed by atoms with E-state index in [1.165, 1.54) is 0 Å². The lowest BCUT2D eigenvalue weighted by Crippen LogP contribution is -2.51. The van der Waals surface area contributed by atoms with Gasteiger partial charge in [0.25, 0.3) is 0 Å². The second-order valence-corrected chi connectivity index (χ2v) is 5.60. The molecule has 0 radical (unpaired) electrons. The maximum Gasteiger partial charge on any atom is 0.131 e. The first-order chi connectivity index (χ1) is 6.92. The number of rotatable bonds is 0. The van der Waals surface area contributed by atoms with Crippen LogP contribution in [0.3, 0.4) is 0 Å². The van der Waals surface area contributed by atoms with Crippen LogP contribution in [0.2, 0.25) is 0 Å². The smallest absolute Gasteiger partial charge is 0.131 e. The Kier molecular flexibility index (Phi) is 2.68. The van der Waals surface area contributed by atoms with Crippen LogP contribution in [0.4, 0.5) is 0 Å². The Labute approximate surface area is 103 Å². The number of halogens is 1. The van der Waals surface area contributed by atoms with E-state index < -0.39 is 11.7 Å². The third-order valence-corrected chi connectivity index (χ3v) is 3.43. The van der Waals surface area contributed by atoms with Gasteiger partial charge in [0.1, 0.15) is 17.5 Å². The molecule has 0 spiro atoms. The van der Waals surface area contributed by atoms with Crippen molar-refractivity contribution < 1.29 is 9.84 Å². The lowest BCUT2D eigenvalue weighted by Gasteiger charge is -2.40. The summed E-state index contributed by atoms with van der Waals surface area (Å²) in [6.07, 6.45) is -0.678. The fraction of sp³-hybridized carbons (Fsp3) is 0.455. The summed E-state index contributed by atoms with van der Waals surface area (Å²) in [4.78, 5) is 0. The van der Waals surface area contributed by atoms with Crippen molar-refractivity contribution in [2.45, 2.75) is 31.6 Å². The van der Waals surface area contributed by atoms with Crippen LogP contribution in [0.1, 0.15) is 25.5 Å². The van der Waals surface area contributed by atoms with Crippen LogP contribution in [0.25, 0.3) is 0 Å². The molecule has 1 heterocycles. The Morgan fingerprint density at radius 3 is 2.80 bits per heavy atom. The molecule has 2 atom stereocenters. The molecular formula is C11H14INO2. The van der Waals surface area contributed by atoms with Crippen molar-refractivity contribution in [1.82, 2.24) is 0 Å². The molecule has 3 nitrogen and oxygen atoms in total. The summed E-state index contributed by atoms with van der Waals surface area (Å²) in [6, 6.07) is 5.46. The van der Waals surface area contributed by atoms with Gasteiger partial charge in [0.15, 0.2) is 0 Å². The monoisotopic (exact) mass is 319 g/mol. The average molecular weight is 319 g/mol. The maximum atomic E-state index is 9.99. The minimum Gasteiger partial charge on any atom is -0.485 e. The average Bonchev–Trinajstić information content (AvgIpc) is 2.16. The SMILES string of the molecule is CC1(C)Oc2ccc(I)cc2C(N)C1O. The van der Waals surface area contributed by atoms with Crippen molar-refractivity contribution in [1.29, 1.82) is 0 Å². The van der Waals surface area contributed by atoms with Gasteiger partial charge in [-0.2, -0.15) is 0 Å². The predicted octanol–water partition coefficient (Wildman–Crippen LogP) is 1.82. The van der Waals surface area contributed by atoms with Gasteiger partial charge >= 0.3 is 0 Å². The van der Waals surface area contributed by atoms with Crippen LogP contribution in [0, 0.1) is 3.57 Å². The van der Waals surface area contributed by atoms with E-state index in [9.17, 15) is 5.11 Å². The van der Waals surface area contributed by atoms with Gasteiger partial charge in [-0.25, -0.2) is 0 Å². The summed E-state index contributed by atoms with van der Waals surface area (Å²) in [5, 5.41) is 9.99. The van der Waals surface area contributed by atoms with E-state index in [0.29, 0.717) is 0 Å². The maximum absolute atomic E-state index is 9.99. The molecule has 0 fully saturated rings. The number of nitrogens with two attached hydrogens (primary N) is 1. The summed E-state index contributed by atoms with van der Waals surface area (Å²) in [7, 11) is 0. The van der Waals surface area contributed by atoms with Crippen molar-refractivity contribution in [3.05, 3.63) is 27.3 Å². The molecule has 15 heavy (non-hydrogen) atoms. The first-order valence-electron chi connectivity index (χ1n) is 4.84. The van der Waals surface area contributed by atoms with Gasteiger partial charge in [0, 0.05) is 9.13 Å². The summed E-state index contributed by atoms with van der Waals surface area (Å²) < 4.78 is 6.82. The Bertz CT molecular complexity index is 392. The van der Waals surface area contributed by atoms with Crippen molar-refractivity contribution in [3.8, 4) is 5.75 Å². The topological polar surface area (TPSA) is 55.5 Å². The molecular weight excluding hydrogens is 305 g/mol. The van der Waals surface area contributed by atoms with Gasteiger partial charge in [-0.3, -0.25) is 0 Å². The highest BCUT2D eigenvalue weighted by molar-refractivity contribution is 14.1. The molecule has 1 aromatic rings. The molecule has 0 bridgehead atoms. The van der Waals surface area contributed by atoms with Gasteiger partial charge in [-0.05, 0) is 54.6 Å². The highest BCUT2D eigenvalue weighted by atomic mass is 127. The van der Waals surface area contributed by atoms with Gasteiger partial charge in [0.2, 0.25) is 0 Å². The largest absolute Gasteiger partial charge is 0.485 e. The van der Waals surface area contributed by atoms with E-state index in [1.54, 1.807) is 0 Å². The van der Waals surface area contributed by atoms with Gasteiger partial charge in [0.05, 0.1) is 6.04 Å². The summed E-state index contributed by atoms with van der Waals surface area (Å²) in [5.74, 6) is 0.776. The highest BCUT2D eigenvalue weighted by Gasteiger charge is 2.41. The molecule has 0 saturated heterocycles. The quantitative estimate of drug-likeness (QED) is 0.717. The second kappa shape index (κ2) is 3.61. The second-order valence-electron chi connectivity index (χ2n) is 4.36. The third kappa shape index (κ3) is 1.86. The molecule has 0 amide bonds. The Morgan fingerprint density at radius 1 is 1.47 bits per heavy atom. The molecule has 0 aromatic heterocycles. The number of hydrogen-bond donors (Lipinski definition) is 2. The number of aliphatic hydroxyl groups excluding tert-OH is 1. The van der Waals surface area contributed by atoms with Crippen LogP contribution < -0.4 is 10.5 Å². The number of benzene rings is 1. The van der Waals surface area contributed by atoms with Crippen LogP contribution in [0.15, 0.2) is 18.2 Å². The number of hydrogen-bond acceptors (Lipinski definition) is 3. The van der Waals surface area contributed by atoms with E-state index in [-0.39, 0.29) is 6.04 Å². The standard InChI is InChI=1S/C11H14INO2/c1-11(2)10(14)9(13)7-5-6(12)3-4-8(7)15-11/h3-5,9-10,14H,13H2,1-2H3. The zero-order valence-corrected chi connectivity index (χ0v) is 10.9. The van der Waals surface area contributed by atoms with Gasteiger partial charge in [-0.15, -0.1) is 0 Å². The first-order valence-corrected chi connectivity index (χ1v) is 5.92. The van der Waals surface area contributed by atoms with Crippen molar-refractivity contribution in [2.75, 3.05) is 0 Å². The lowest BCUT2D eigenvalue weighted by atomic mass is 9.87. The summed E-state index contributed by atoms with van der Waals surface area (Å²) in [5.41, 5.74) is 6.26. The number of fused-ring (bicyclic) bond motifs is 1. The molecule has 1 aromatic carbocycles. The fourth-order valence-electron chi connectivity index (χ4n) is 1.82. The van der Waals surface area contributed by atoms with Crippen molar-refractivity contribution in [2.24, 2.45) is 5.73 Å². The van der Waals surface area contributed by atoms with Crippen LogP contribution in [0.5, 0.6) is 5.75 Å². The Balaban J connectivity index is 2.50. The fourth-order valence-corrected chi connectivity index (χ4v) is 2.33. The Hall–Kier alpha value is -0.330. The number of ether oxygens (including phenoxy) is 1. The van der Waals surface area contributed by atoms with Crippen LogP contribution in [-0.2, 0) is 0 Å². The van der Waals surface area contributed by atoms with Crippen LogP contribution >= 0.6 is 22.6 Å². The Morgan fingerprint density at radius 2 is 2.13 bits per heavy atom. The van der Waals surface area contributed by atoms with E-state index >= 15 is 0 Å². The van der Waals surface area contributed by atoms with E-state index in [1.807, 2.05) is 32.0 Å². The van der Waals surface area contributed by atoms with E-state index in [4.69, 9.17) is 10.5 Å². The molecule has 0 saturated carbocycles. The molecule has 82 valence electrons.